The van der Waals surface area contributed by atoms with Gasteiger partial charge in [-0.2, -0.15) is 0 Å². The van der Waals surface area contributed by atoms with E-state index in [9.17, 15) is 9.59 Å². The van der Waals surface area contributed by atoms with Crippen molar-refractivity contribution in [1.29, 1.82) is 5.41 Å². The van der Waals surface area contributed by atoms with E-state index in [1.807, 2.05) is 6.92 Å². The van der Waals surface area contributed by atoms with Gasteiger partial charge in [0.2, 0.25) is 0 Å². The number of rotatable bonds is 10. The summed E-state index contributed by atoms with van der Waals surface area (Å²) in [6.45, 7) is 3.57. The van der Waals surface area contributed by atoms with Gasteiger partial charge in [-0.25, -0.2) is 14.8 Å². The number of aromatic amines is 1. The van der Waals surface area contributed by atoms with Crippen LogP contribution in [0.25, 0.3) is 5.95 Å². The zero-order valence-electron chi connectivity index (χ0n) is 20.9. The van der Waals surface area contributed by atoms with E-state index in [0.717, 1.165) is 4.68 Å². The van der Waals surface area contributed by atoms with E-state index < -0.39 is 17.7 Å². The fraction of sp³-hybridized carbons (Fsp3) is 0.200. The first-order chi connectivity index (χ1) is 18.3. The third-order valence-corrected chi connectivity index (χ3v) is 5.31. The summed E-state index contributed by atoms with van der Waals surface area (Å²) in [6.07, 6.45) is 3.01. The summed E-state index contributed by atoms with van der Waals surface area (Å²) in [4.78, 5) is 35.4. The number of nitrogens with zero attached hydrogens (tertiary/aromatic N) is 4. The number of nitrogens with one attached hydrogen (secondary N) is 3. The first-order valence-electron chi connectivity index (χ1n) is 11.5. The molecule has 2 aromatic heterocycles. The predicted molar refractivity (Wildman–Crippen MR) is 138 cm³/mol. The Morgan fingerprint density at radius 2 is 1.92 bits per heavy atom. The number of carbonyl (C=O) groups excluding carboxylic acids is 1. The van der Waals surface area contributed by atoms with Crippen LogP contribution in [-0.2, 0) is 4.79 Å². The fourth-order valence-electron chi connectivity index (χ4n) is 3.70. The molecule has 38 heavy (non-hydrogen) atoms. The Kier molecular flexibility index (Phi) is 7.66. The van der Waals surface area contributed by atoms with Crippen LogP contribution in [0.2, 0.25) is 0 Å². The highest BCUT2D eigenvalue weighted by atomic mass is 16.5. The van der Waals surface area contributed by atoms with Gasteiger partial charge < -0.3 is 25.3 Å². The van der Waals surface area contributed by atoms with Gasteiger partial charge in [-0.1, -0.05) is 6.07 Å². The zero-order chi connectivity index (χ0) is 27.2. The Hall–Kier alpha value is -5.20. The quantitative estimate of drug-likeness (QED) is 0.105. The SMILES string of the molecule is CCOc1ccc(C(Nc2ccc(C(=N)N)c(OC(C)=O)c2)c2nn(-c3ncccn3)c(=O)[nH]2)cc1OC. The van der Waals surface area contributed by atoms with Crippen LogP contribution in [-0.4, -0.2) is 50.3 Å². The highest BCUT2D eigenvalue weighted by molar-refractivity contribution is 5.98. The van der Waals surface area contributed by atoms with E-state index in [4.69, 9.17) is 25.4 Å². The second kappa shape index (κ2) is 11.2. The Balaban J connectivity index is 1.82. The molecule has 0 saturated carbocycles. The van der Waals surface area contributed by atoms with Crippen LogP contribution in [0.1, 0.15) is 36.8 Å². The molecule has 13 nitrogen and oxygen atoms in total. The van der Waals surface area contributed by atoms with Crippen molar-refractivity contribution in [2.75, 3.05) is 19.0 Å². The maximum atomic E-state index is 12.8. The molecule has 2 aromatic carbocycles. The number of esters is 1. The highest BCUT2D eigenvalue weighted by Gasteiger charge is 2.23. The molecule has 13 heteroatoms. The molecular weight excluding hydrogens is 492 g/mol. The second-order valence-electron chi connectivity index (χ2n) is 7.91. The number of nitrogen functional groups attached to an aromatic ring is 1. The number of hydrogen-bond donors (Lipinski definition) is 4. The maximum Gasteiger partial charge on any atom is 0.350 e. The van der Waals surface area contributed by atoms with Crippen molar-refractivity contribution in [1.82, 2.24) is 24.7 Å². The molecule has 0 spiro atoms. The number of hydrogen-bond acceptors (Lipinski definition) is 10. The summed E-state index contributed by atoms with van der Waals surface area (Å²) >= 11 is 0. The summed E-state index contributed by atoms with van der Waals surface area (Å²) in [5.41, 5.74) is 6.53. The number of anilines is 1. The van der Waals surface area contributed by atoms with E-state index >= 15 is 0 Å². The molecule has 2 heterocycles. The van der Waals surface area contributed by atoms with Gasteiger partial charge in [0.25, 0.3) is 5.95 Å². The number of amidine groups is 1. The third kappa shape index (κ3) is 5.61. The fourth-order valence-corrected chi connectivity index (χ4v) is 3.70. The van der Waals surface area contributed by atoms with E-state index in [-0.39, 0.29) is 28.9 Å². The number of benzene rings is 2. The summed E-state index contributed by atoms with van der Waals surface area (Å²) in [5, 5.41) is 15.5. The number of H-pyrrole nitrogens is 1. The highest BCUT2D eigenvalue weighted by Crippen LogP contribution is 2.34. The number of ether oxygens (including phenoxy) is 3. The molecule has 4 rings (SSSR count). The van der Waals surface area contributed by atoms with E-state index in [1.165, 1.54) is 32.5 Å². The average Bonchev–Trinajstić information content (AvgIpc) is 3.29. The van der Waals surface area contributed by atoms with Crippen LogP contribution in [0.15, 0.2) is 59.7 Å². The van der Waals surface area contributed by atoms with Crippen molar-refractivity contribution >= 4 is 17.5 Å². The lowest BCUT2D eigenvalue weighted by molar-refractivity contribution is -0.131. The van der Waals surface area contributed by atoms with Crippen molar-refractivity contribution in [2.24, 2.45) is 5.73 Å². The van der Waals surface area contributed by atoms with Gasteiger partial charge in [-0.15, -0.1) is 9.78 Å². The first kappa shape index (κ1) is 25.9. The summed E-state index contributed by atoms with van der Waals surface area (Å²) in [7, 11) is 1.53. The van der Waals surface area contributed by atoms with Crippen LogP contribution in [0.3, 0.4) is 0 Å². The Morgan fingerprint density at radius 3 is 2.58 bits per heavy atom. The Labute approximate surface area is 217 Å². The first-order valence-corrected chi connectivity index (χ1v) is 11.5. The second-order valence-corrected chi connectivity index (χ2v) is 7.91. The molecule has 4 aromatic rings. The number of methoxy groups -OCH3 is 1. The third-order valence-electron chi connectivity index (χ3n) is 5.31. The van der Waals surface area contributed by atoms with Gasteiger partial charge in [0.05, 0.1) is 19.3 Å². The van der Waals surface area contributed by atoms with Crippen LogP contribution >= 0.6 is 0 Å². The minimum atomic E-state index is -0.717. The molecule has 0 bridgehead atoms. The molecule has 1 atom stereocenters. The molecule has 1 unspecified atom stereocenters. The van der Waals surface area contributed by atoms with Crippen molar-refractivity contribution < 1.29 is 19.0 Å². The lowest BCUT2D eigenvalue weighted by Gasteiger charge is -2.20. The topological polar surface area (TPSA) is 183 Å². The molecule has 0 radical (unpaired) electrons. The summed E-state index contributed by atoms with van der Waals surface area (Å²) in [6, 6.07) is 11.0. The zero-order valence-corrected chi connectivity index (χ0v) is 20.9. The van der Waals surface area contributed by atoms with Gasteiger partial charge in [-0.3, -0.25) is 15.2 Å². The van der Waals surface area contributed by atoms with Crippen LogP contribution in [0.4, 0.5) is 5.69 Å². The molecule has 0 amide bonds. The molecular formula is C25H26N8O5. The lowest BCUT2D eigenvalue weighted by atomic mass is 10.0. The van der Waals surface area contributed by atoms with E-state index in [2.05, 4.69) is 25.4 Å². The van der Waals surface area contributed by atoms with Gasteiger partial charge >= 0.3 is 11.7 Å². The minimum Gasteiger partial charge on any atom is -0.493 e. The lowest BCUT2D eigenvalue weighted by Crippen LogP contribution is -2.18. The van der Waals surface area contributed by atoms with Crippen molar-refractivity contribution in [3.63, 3.8) is 0 Å². The molecule has 0 aliphatic rings. The van der Waals surface area contributed by atoms with Crippen LogP contribution < -0.4 is 31.0 Å². The molecule has 0 fully saturated rings. The smallest absolute Gasteiger partial charge is 0.350 e. The number of nitrogens with two attached hydrogens (primary N) is 1. The number of carbonyl (C=O) groups is 1. The normalized spacial score (nSPS) is 11.4. The van der Waals surface area contributed by atoms with Gasteiger partial charge in [-0.05, 0) is 42.8 Å². The molecule has 0 saturated heterocycles. The van der Waals surface area contributed by atoms with E-state index in [0.29, 0.717) is 29.4 Å². The summed E-state index contributed by atoms with van der Waals surface area (Å²) < 4.78 is 17.5. The van der Waals surface area contributed by atoms with E-state index in [1.54, 1.807) is 36.4 Å². The van der Waals surface area contributed by atoms with Crippen molar-refractivity contribution in [3.8, 4) is 23.2 Å². The standard InChI is InChI=1S/C25H26N8O5/c1-4-37-18-9-6-15(12-20(18)36-3)21(23-31-25(35)33(32-23)24-28-10-5-11-29-24)30-16-7-8-17(22(26)27)19(13-16)38-14(2)34/h5-13,21,30H,4H2,1-3H3,(H3,26,27)(H,31,32,35). The van der Waals surface area contributed by atoms with Gasteiger partial charge in [0.1, 0.15) is 17.6 Å². The maximum absolute atomic E-state index is 12.8. The predicted octanol–water partition coefficient (Wildman–Crippen LogP) is 2.17. The molecule has 0 aliphatic heterocycles. The summed E-state index contributed by atoms with van der Waals surface area (Å²) in [5.74, 6) is 0.669. The largest absolute Gasteiger partial charge is 0.493 e. The Morgan fingerprint density at radius 1 is 1.16 bits per heavy atom. The molecule has 196 valence electrons. The molecule has 5 N–H and O–H groups in total. The average molecular weight is 519 g/mol. The van der Waals surface area contributed by atoms with Gasteiger partial charge in [0.15, 0.2) is 17.3 Å². The number of aromatic nitrogens is 5. The van der Waals surface area contributed by atoms with Gasteiger partial charge in [0, 0.05) is 31.1 Å². The monoisotopic (exact) mass is 518 g/mol. The van der Waals surface area contributed by atoms with Crippen LogP contribution in [0.5, 0.6) is 17.2 Å². The minimum absolute atomic E-state index is 0.103. The van der Waals surface area contributed by atoms with Crippen molar-refractivity contribution in [3.05, 3.63) is 82.3 Å². The molecule has 0 aliphatic carbocycles. The Bertz CT molecular complexity index is 1520. The van der Waals surface area contributed by atoms with Crippen LogP contribution in [0, 0.1) is 5.41 Å². The van der Waals surface area contributed by atoms with Crippen molar-refractivity contribution in [2.45, 2.75) is 19.9 Å².